The summed E-state index contributed by atoms with van der Waals surface area (Å²) in [6.45, 7) is 4.57. The summed E-state index contributed by atoms with van der Waals surface area (Å²) >= 11 is 0. The van der Waals surface area contributed by atoms with E-state index in [4.69, 9.17) is 4.98 Å². The second kappa shape index (κ2) is 11.4. The van der Waals surface area contributed by atoms with Gasteiger partial charge < -0.3 is 4.90 Å². The van der Waals surface area contributed by atoms with Crippen molar-refractivity contribution < 1.29 is 4.79 Å². The van der Waals surface area contributed by atoms with E-state index in [1.807, 2.05) is 103 Å². The zero-order chi connectivity index (χ0) is 26.5. The highest BCUT2D eigenvalue weighted by Crippen LogP contribution is 2.27. The molecular weight excluding hydrogens is 470 g/mol. The maximum atomic E-state index is 14.0. The van der Waals surface area contributed by atoms with Crippen LogP contribution < -0.4 is 5.56 Å². The Balaban J connectivity index is 1.66. The molecule has 38 heavy (non-hydrogen) atoms. The van der Waals surface area contributed by atoms with Gasteiger partial charge in [-0.15, -0.1) is 0 Å². The Morgan fingerprint density at radius 3 is 2.37 bits per heavy atom. The highest BCUT2D eigenvalue weighted by molar-refractivity contribution is 5.85. The normalized spacial score (nSPS) is 12.1. The molecule has 1 atom stereocenters. The fraction of sp³-hybridized carbons (Fsp3) is 0.242. The van der Waals surface area contributed by atoms with Gasteiger partial charge in [-0.3, -0.25) is 14.2 Å². The van der Waals surface area contributed by atoms with Crippen LogP contribution in [0.1, 0.15) is 57.0 Å². The Morgan fingerprint density at radius 1 is 0.868 bits per heavy atom. The van der Waals surface area contributed by atoms with Crippen LogP contribution in [-0.2, 0) is 11.3 Å². The second-order valence-corrected chi connectivity index (χ2v) is 9.80. The fourth-order valence-corrected chi connectivity index (χ4v) is 5.03. The number of rotatable bonds is 9. The van der Waals surface area contributed by atoms with E-state index in [-0.39, 0.29) is 11.5 Å². The molecule has 1 unspecified atom stereocenters. The summed E-state index contributed by atoms with van der Waals surface area (Å²) in [5, 5.41) is 2.70. The Kier molecular flexibility index (Phi) is 7.64. The molecule has 0 bridgehead atoms. The summed E-state index contributed by atoms with van der Waals surface area (Å²) in [7, 11) is 0. The first-order chi connectivity index (χ1) is 18.6. The van der Waals surface area contributed by atoms with Crippen molar-refractivity contribution in [2.45, 2.75) is 52.1 Å². The molecule has 4 aromatic carbocycles. The molecular formula is C33H33N3O2. The van der Waals surface area contributed by atoms with Crippen LogP contribution in [0.5, 0.6) is 0 Å². The molecule has 0 spiro atoms. The number of carbonyl (C=O) groups excluding carboxylic acids is 1. The number of amides is 1. The van der Waals surface area contributed by atoms with Crippen molar-refractivity contribution in [2.75, 3.05) is 0 Å². The highest BCUT2D eigenvalue weighted by Gasteiger charge is 2.27. The molecule has 5 heteroatoms. The van der Waals surface area contributed by atoms with E-state index in [1.165, 1.54) is 0 Å². The van der Waals surface area contributed by atoms with Crippen LogP contribution in [0.3, 0.4) is 0 Å². The van der Waals surface area contributed by atoms with Crippen molar-refractivity contribution in [2.24, 2.45) is 0 Å². The van der Waals surface area contributed by atoms with Crippen LogP contribution >= 0.6 is 0 Å². The molecule has 0 aliphatic rings. The lowest BCUT2D eigenvalue weighted by Gasteiger charge is -2.31. The monoisotopic (exact) mass is 503 g/mol. The Labute approximate surface area is 223 Å². The quantitative estimate of drug-likeness (QED) is 0.200. The average molecular weight is 504 g/mol. The number of benzene rings is 4. The van der Waals surface area contributed by atoms with E-state index >= 15 is 0 Å². The van der Waals surface area contributed by atoms with Gasteiger partial charge in [0.25, 0.3) is 5.56 Å². The molecule has 5 rings (SSSR count). The van der Waals surface area contributed by atoms with E-state index in [0.717, 1.165) is 41.3 Å². The molecule has 1 amide bonds. The Morgan fingerprint density at radius 2 is 1.58 bits per heavy atom. The smallest absolute Gasteiger partial charge is 0.266 e. The summed E-state index contributed by atoms with van der Waals surface area (Å²) < 4.78 is 1.69. The zero-order valence-corrected chi connectivity index (χ0v) is 22.0. The standard InChI is InChI=1S/C33H33N3O2/c1-3-4-6-19-31(37)35(23-25-13-7-5-8-14-25)24(2)32-34-30-18-12-11-17-29(30)33(38)36(32)28-21-20-26-15-9-10-16-27(26)22-28/h5,7-18,20-22,24H,3-4,6,19,23H2,1-2H3. The van der Waals surface area contributed by atoms with Crippen molar-refractivity contribution in [3.8, 4) is 5.69 Å². The van der Waals surface area contributed by atoms with Crippen LogP contribution in [0.25, 0.3) is 27.4 Å². The molecule has 0 aliphatic heterocycles. The molecule has 0 radical (unpaired) electrons. The number of nitrogens with zero attached hydrogens (tertiary/aromatic N) is 3. The van der Waals surface area contributed by atoms with Crippen molar-refractivity contribution in [3.05, 3.63) is 119 Å². The van der Waals surface area contributed by atoms with E-state index in [1.54, 1.807) is 4.57 Å². The highest BCUT2D eigenvalue weighted by atomic mass is 16.2. The molecule has 5 aromatic rings. The Bertz CT molecular complexity index is 1620. The SMILES string of the molecule is CCCCCC(=O)N(Cc1ccccc1)C(C)c1nc2ccccc2c(=O)n1-c1ccc2ccccc2c1. The molecule has 1 heterocycles. The maximum Gasteiger partial charge on any atom is 0.266 e. The summed E-state index contributed by atoms with van der Waals surface area (Å²) in [6, 6.07) is 31.1. The van der Waals surface area contributed by atoms with Crippen molar-refractivity contribution >= 4 is 27.6 Å². The van der Waals surface area contributed by atoms with Crippen molar-refractivity contribution in [1.82, 2.24) is 14.5 Å². The van der Waals surface area contributed by atoms with Crippen LogP contribution in [0.15, 0.2) is 102 Å². The number of hydrogen-bond acceptors (Lipinski definition) is 3. The van der Waals surface area contributed by atoms with Gasteiger partial charge in [0.15, 0.2) is 0 Å². The predicted octanol–water partition coefficient (Wildman–Crippen LogP) is 7.21. The molecule has 0 saturated heterocycles. The number of para-hydroxylation sites is 1. The summed E-state index contributed by atoms with van der Waals surface area (Å²) in [5.74, 6) is 0.631. The number of hydrogen-bond donors (Lipinski definition) is 0. The van der Waals surface area contributed by atoms with E-state index in [9.17, 15) is 9.59 Å². The van der Waals surface area contributed by atoms with Crippen LogP contribution in [0.4, 0.5) is 0 Å². The molecule has 192 valence electrons. The summed E-state index contributed by atoms with van der Waals surface area (Å²) in [4.78, 5) is 34.5. The Hall–Kier alpha value is -4.25. The van der Waals surface area contributed by atoms with E-state index < -0.39 is 6.04 Å². The third-order valence-electron chi connectivity index (χ3n) is 7.14. The van der Waals surface area contributed by atoms with Gasteiger partial charge in [-0.25, -0.2) is 4.98 Å². The van der Waals surface area contributed by atoms with Gasteiger partial charge in [0, 0.05) is 13.0 Å². The van der Waals surface area contributed by atoms with Gasteiger partial charge in [0.05, 0.1) is 22.6 Å². The molecule has 0 N–H and O–H groups in total. The van der Waals surface area contributed by atoms with Gasteiger partial charge >= 0.3 is 0 Å². The first-order valence-electron chi connectivity index (χ1n) is 13.4. The number of fused-ring (bicyclic) bond motifs is 2. The summed E-state index contributed by atoms with van der Waals surface area (Å²) in [6.07, 6.45) is 3.37. The average Bonchev–Trinajstić information content (AvgIpc) is 2.96. The molecule has 1 aromatic heterocycles. The molecule has 0 aliphatic carbocycles. The zero-order valence-electron chi connectivity index (χ0n) is 22.0. The first-order valence-corrected chi connectivity index (χ1v) is 13.4. The number of unbranched alkanes of at least 4 members (excludes halogenated alkanes) is 2. The lowest BCUT2D eigenvalue weighted by Crippen LogP contribution is -2.37. The fourth-order valence-electron chi connectivity index (χ4n) is 5.03. The molecule has 0 fully saturated rings. The van der Waals surface area contributed by atoms with E-state index in [0.29, 0.717) is 29.7 Å². The first kappa shape index (κ1) is 25.4. The van der Waals surface area contributed by atoms with E-state index in [2.05, 4.69) is 13.0 Å². The van der Waals surface area contributed by atoms with Gasteiger partial charge in [-0.05, 0) is 53.9 Å². The minimum absolute atomic E-state index is 0.0715. The van der Waals surface area contributed by atoms with Crippen molar-refractivity contribution in [1.29, 1.82) is 0 Å². The topological polar surface area (TPSA) is 55.2 Å². The number of aromatic nitrogens is 2. The van der Waals surface area contributed by atoms with Gasteiger partial charge in [0.2, 0.25) is 5.91 Å². The maximum absolute atomic E-state index is 14.0. The van der Waals surface area contributed by atoms with Crippen LogP contribution in [-0.4, -0.2) is 20.4 Å². The molecule has 0 saturated carbocycles. The van der Waals surface area contributed by atoms with Gasteiger partial charge in [-0.1, -0.05) is 92.6 Å². The third-order valence-corrected chi connectivity index (χ3v) is 7.14. The molecule has 5 nitrogen and oxygen atoms in total. The van der Waals surface area contributed by atoms with Gasteiger partial charge in [0.1, 0.15) is 5.82 Å². The third kappa shape index (κ3) is 5.23. The lowest BCUT2D eigenvalue weighted by atomic mass is 10.1. The predicted molar refractivity (Wildman–Crippen MR) is 154 cm³/mol. The lowest BCUT2D eigenvalue weighted by molar-refractivity contribution is -0.134. The van der Waals surface area contributed by atoms with Crippen LogP contribution in [0.2, 0.25) is 0 Å². The second-order valence-electron chi connectivity index (χ2n) is 9.80. The minimum Gasteiger partial charge on any atom is -0.328 e. The minimum atomic E-state index is -0.423. The largest absolute Gasteiger partial charge is 0.328 e. The van der Waals surface area contributed by atoms with Gasteiger partial charge in [-0.2, -0.15) is 0 Å². The van der Waals surface area contributed by atoms with Crippen LogP contribution in [0, 0.1) is 0 Å². The van der Waals surface area contributed by atoms with Crippen molar-refractivity contribution in [3.63, 3.8) is 0 Å². The number of carbonyl (C=O) groups is 1. The summed E-state index contributed by atoms with van der Waals surface area (Å²) in [5.41, 5.74) is 2.29.